The molecule has 0 bridgehead atoms. The number of aromatic nitrogens is 1. The highest BCUT2D eigenvalue weighted by Crippen LogP contribution is 2.47. The van der Waals surface area contributed by atoms with Crippen molar-refractivity contribution < 1.29 is 4.79 Å². The van der Waals surface area contributed by atoms with Crippen molar-refractivity contribution >= 4 is 44.5 Å². The average molecular weight is 482 g/mol. The van der Waals surface area contributed by atoms with Crippen LogP contribution in [0.2, 0.25) is 5.02 Å². The maximum absolute atomic E-state index is 12.8. The Morgan fingerprint density at radius 2 is 2.07 bits per heavy atom. The maximum Gasteiger partial charge on any atom is 0.336 e. The van der Waals surface area contributed by atoms with Crippen LogP contribution in [0.25, 0.3) is 10.9 Å². The van der Waals surface area contributed by atoms with Gasteiger partial charge in [0.1, 0.15) is 4.60 Å². The molecule has 4 rings (SSSR count). The van der Waals surface area contributed by atoms with Gasteiger partial charge in [-0.15, -0.1) is 0 Å². The zero-order chi connectivity index (χ0) is 20.7. The second-order valence-electron chi connectivity index (χ2n) is 8.14. The Morgan fingerprint density at radius 1 is 1.31 bits per heavy atom. The van der Waals surface area contributed by atoms with Crippen molar-refractivity contribution in [3.8, 4) is 0 Å². The Labute approximate surface area is 186 Å². The van der Waals surface area contributed by atoms with E-state index in [9.17, 15) is 4.79 Å². The summed E-state index contributed by atoms with van der Waals surface area (Å²) in [7, 11) is 0. The number of benzene rings is 1. The Bertz CT molecular complexity index is 921. The van der Waals surface area contributed by atoms with Gasteiger partial charge in [-0.3, -0.25) is 4.90 Å². The number of carbonyl (C=O) groups excluding carboxylic acids is 1. The number of urea groups is 1. The largest absolute Gasteiger partial charge is 0.336 e. The van der Waals surface area contributed by atoms with Gasteiger partial charge in [-0.05, 0) is 91.8 Å². The van der Waals surface area contributed by atoms with Crippen LogP contribution in [0, 0.1) is 0 Å². The first-order chi connectivity index (χ1) is 14.0. The summed E-state index contributed by atoms with van der Waals surface area (Å²) in [6, 6.07) is 4.54. The van der Waals surface area contributed by atoms with E-state index in [2.05, 4.69) is 39.2 Å². The van der Waals surface area contributed by atoms with E-state index in [1.807, 2.05) is 24.6 Å². The first-order valence-corrected chi connectivity index (χ1v) is 12.0. The minimum atomic E-state index is -0.0926. The molecule has 0 unspecified atom stereocenters. The number of nitrogens with one attached hydrogen (secondary N) is 1. The van der Waals surface area contributed by atoms with Crippen LogP contribution >= 0.6 is 27.5 Å². The minimum absolute atomic E-state index is 0.0926. The lowest BCUT2D eigenvalue weighted by molar-refractivity contribution is 0.124. The highest BCUT2D eigenvalue weighted by atomic mass is 79.9. The number of carbonyl (C=O) groups is 1. The van der Waals surface area contributed by atoms with Crippen LogP contribution in [0.4, 0.5) is 4.79 Å². The number of hydrogen-bond donors (Lipinski definition) is 1. The van der Waals surface area contributed by atoms with Gasteiger partial charge in [0.05, 0.1) is 5.52 Å². The third-order valence-corrected chi connectivity index (χ3v) is 7.63. The molecule has 1 aliphatic heterocycles. The lowest BCUT2D eigenvalue weighted by Crippen LogP contribution is -2.47. The van der Waals surface area contributed by atoms with E-state index in [-0.39, 0.29) is 6.03 Å². The van der Waals surface area contributed by atoms with Crippen molar-refractivity contribution in [1.29, 1.82) is 0 Å². The molecule has 2 aromatic rings. The lowest BCUT2D eigenvalue weighted by Gasteiger charge is -2.44. The molecule has 2 aliphatic rings. The van der Waals surface area contributed by atoms with Crippen LogP contribution in [0.5, 0.6) is 0 Å². The molecule has 5 nitrogen and oxygen atoms in total. The molecule has 0 radical (unpaired) electrons. The molecule has 1 fully saturated rings. The van der Waals surface area contributed by atoms with Crippen molar-refractivity contribution in [3.05, 3.63) is 32.9 Å². The Hall–Kier alpha value is -1.24. The fraction of sp³-hybridized carbons (Fsp3) is 0.591. The topological polar surface area (TPSA) is 40.5 Å². The fourth-order valence-electron chi connectivity index (χ4n) is 5.26. The maximum atomic E-state index is 12.8. The van der Waals surface area contributed by atoms with Crippen LogP contribution < -0.4 is 5.43 Å². The van der Waals surface area contributed by atoms with Gasteiger partial charge < -0.3 is 4.90 Å². The summed E-state index contributed by atoms with van der Waals surface area (Å²) >= 11 is 10.4. The Kier molecular flexibility index (Phi) is 6.14. The normalized spacial score (nSPS) is 21.3. The molecule has 158 valence electrons. The molecule has 1 saturated heterocycles. The van der Waals surface area contributed by atoms with Crippen LogP contribution in [0.3, 0.4) is 0 Å². The van der Waals surface area contributed by atoms with Gasteiger partial charge >= 0.3 is 6.03 Å². The quantitative estimate of drug-likeness (QED) is 0.606. The summed E-state index contributed by atoms with van der Waals surface area (Å²) in [6.45, 7) is 9.90. The van der Waals surface area contributed by atoms with E-state index in [1.54, 1.807) is 4.90 Å². The summed E-state index contributed by atoms with van der Waals surface area (Å²) in [5.74, 6) is 0.505. The molecular formula is C22H30BrClN4O. The molecule has 29 heavy (non-hydrogen) atoms. The van der Waals surface area contributed by atoms with Crippen LogP contribution in [0.15, 0.2) is 16.7 Å². The molecule has 2 amide bonds. The van der Waals surface area contributed by atoms with E-state index < -0.39 is 0 Å². The van der Waals surface area contributed by atoms with Gasteiger partial charge in [0, 0.05) is 35.5 Å². The van der Waals surface area contributed by atoms with Crippen molar-refractivity contribution in [2.45, 2.75) is 58.4 Å². The summed E-state index contributed by atoms with van der Waals surface area (Å²) in [4.78, 5) is 17.2. The first-order valence-electron chi connectivity index (χ1n) is 10.8. The molecule has 7 heteroatoms. The van der Waals surface area contributed by atoms with Crippen LogP contribution in [-0.2, 0) is 6.42 Å². The van der Waals surface area contributed by atoms with Crippen molar-refractivity contribution in [2.24, 2.45) is 0 Å². The van der Waals surface area contributed by atoms with Gasteiger partial charge in [0.15, 0.2) is 0 Å². The lowest BCUT2D eigenvalue weighted by atomic mass is 9.75. The zero-order valence-electron chi connectivity index (χ0n) is 17.5. The number of halogens is 2. The van der Waals surface area contributed by atoms with E-state index >= 15 is 0 Å². The van der Waals surface area contributed by atoms with E-state index in [0.717, 1.165) is 28.1 Å². The number of fused-ring (bicyclic) bond motifs is 2. The molecule has 2 heterocycles. The summed E-state index contributed by atoms with van der Waals surface area (Å²) in [5, 5.41) is 2.00. The third kappa shape index (κ3) is 3.57. The first kappa shape index (κ1) is 21.0. The van der Waals surface area contributed by atoms with E-state index in [0.29, 0.717) is 25.0 Å². The molecule has 1 aromatic heterocycles. The molecule has 0 saturated carbocycles. The van der Waals surface area contributed by atoms with Crippen molar-refractivity contribution in [3.63, 3.8) is 0 Å². The standard InChI is InChI=1S/C22H30BrClN4O/c1-4-9-27-10-7-8-15-16-11-14(24)12-19-20(16)17(13-18(15)27)21(23)28(19)25-22(29)26(5-2)6-3/h11-12,15,18H,4-10,13H2,1-3H3,(H,25,29)/t15-,18-/m1/s1. The highest BCUT2D eigenvalue weighted by Gasteiger charge is 2.39. The Balaban J connectivity index is 1.82. The molecule has 2 atom stereocenters. The van der Waals surface area contributed by atoms with Crippen LogP contribution in [0.1, 0.15) is 57.1 Å². The SMILES string of the molecule is CCCN1CCC[C@@H]2c3cc(Cl)cc4c3c(c(Br)n4NC(=O)N(CC)CC)C[C@H]21. The molecular weight excluding hydrogens is 452 g/mol. The molecule has 0 spiro atoms. The van der Waals surface area contributed by atoms with Gasteiger partial charge in [-0.2, -0.15) is 0 Å². The van der Waals surface area contributed by atoms with Gasteiger partial charge in [-0.25, -0.2) is 14.9 Å². The number of amides is 2. The monoisotopic (exact) mass is 480 g/mol. The third-order valence-electron chi connectivity index (χ3n) is 6.58. The predicted molar refractivity (Wildman–Crippen MR) is 124 cm³/mol. The number of piperidine rings is 1. The number of likely N-dealkylation sites (tertiary alicyclic amines) is 1. The number of rotatable bonds is 5. The predicted octanol–water partition coefficient (Wildman–Crippen LogP) is 5.58. The zero-order valence-corrected chi connectivity index (χ0v) is 19.8. The second kappa shape index (κ2) is 8.48. The summed E-state index contributed by atoms with van der Waals surface area (Å²) in [6.07, 6.45) is 4.60. The summed E-state index contributed by atoms with van der Waals surface area (Å²) in [5.41, 5.74) is 6.71. The number of nitrogens with zero attached hydrogens (tertiary/aromatic N) is 3. The molecule has 1 N–H and O–H groups in total. The molecule has 1 aliphatic carbocycles. The highest BCUT2D eigenvalue weighted by molar-refractivity contribution is 9.10. The fourth-order valence-corrected chi connectivity index (χ4v) is 6.12. The van der Waals surface area contributed by atoms with Crippen LogP contribution in [-0.4, -0.2) is 52.7 Å². The van der Waals surface area contributed by atoms with E-state index in [4.69, 9.17) is 11.6 Å². The van der Waals surface area contributed by atoms with Crippen molar-refractivity contribution in [1.82, 2.24) is 14.5 Å². The van der Waals surface area contributed by atoms with E-state index in [1.165, 1.54) is 42.3 Å². The minimum Gasteiger partial charge on any atom is -0.324 e. The average Bonchev–Trinajstić information content (AvgIpc) is 2.96. The summed E-state index contributed by atoms with van der Waals surface area (Å²) < 4.78 is 2.83. The van der Waals surface area contributed by atoms with Crippen molar-refractivity contribution in [2.75, 3.05) is 31.6 Å². The van der Waals surface area contributed by atoms with Gasteiger partial charge in [-0.1, -0.05) is 18.5 Å². The smallest absolute Gasteiger partial charge is 0.324 e. The van der Waals surface area contributed by atoms with Gasteiger partial charge in [0.25, 0.3) is 0 Å². The molecule has 1 aromatic carbocycles. The second-order valence-corrected chi connectivity index (χ2v) is 9.33. The Morgan fingerprint density at radius 3 is 2.76 bits per heavy atom. The van der Waals surface area contributed by atoms with Gasteiger partial charge in [0.2, 0.25) is 0 Å². The number of hydrogen-bond acceptors (Lipinski definition) is 2.